The number of hydrogen-bond acceptors (Lipinski definition) is 3. The molecule has 1 aromatic carbocycles. The lowest BCUT2D eigenvalue weighted by atomic mass is 10.0. The van der Waals surface area contributed by atoms with Gasteiger partial charge in [0.05, 0.1) is 6.61 Å². The minimum absolute atomic E-state index is 0.111. The zero-order chi connectivity index (χ0) is 12.0. The first-order valence-corrected chi connectivity index (χ1v) is 5.90. The molecule has 1 atom stereocenters. The molecule has 1 rings (SSSR count). The maximum Gasteiger partial charge on any atom is 0.162 e. The summed E-state index contributed by atoms with van der Waals surface area (Å²) >= 11 is 0. The average Bonchev–Trinajstić information content (AvgIpc) is 2.29. The number of ether oxygens (including phenoxy) is 1. The Morgan fingerprint density at radius 1 is 1.38 bits per heavy atom. The first kappa shape index (κ1) is 12.8. The van der Waals surface area contributed by atoms with Crippen LogP contribution in [-0.4, -0.2) is 11.7 Å². The van der Waals surface area contributed by atoms with E-state index in [1.807, 2.05) is 19.1 Å². The fourth-order valence-corrected chi connectivity index (χ4v) is 1.69. The molecule has 0 spiro atoms. The largest absolute Gasteiger partial charge is 0.504 e. The smallest absolute Gasteiger partial charge is 0.162 e. The molecule has 16 heavy (non-hydrogen) atoms. The van der Waals surface area contributed by atoms with Crippen LogP contribution in [0, 0.1) is 0 Å². The van der Waals surface area contributed by atoms with E-state index in [9.17, 15) is 5.11 Å². The first-order valence-electron chi connectivity index (χ1n) is 5.90. The first-order chi connectivity index (χ1) is 7.70. The van der Waals surface area contributed by atoms with Crippen molar-refractivity contribution in [2.45, 2.75) is 39.2 Å². The number of nitrogens with two attached hydrogens (primary N) is 1. The van der Waals surface area contributed by atoms with Gasteiger partial charge in [-0.3, -0.25) is 0 Å². The van der Waals surface area contributed by atoms with E-state index in [1.165, 1.54) is 0 Å². The molecule has 0 aromatic heterocycles. The van der Waals surface area contributed by atoms with Crippen LogP contribution in [0.4, 0.5) is 0 Å². The summed E-state index contributed by atoms with van der Waals surface area (Å²) < 4.78 is 5.33. The van der Waals surface area contributed by atoms with E-state index in [0.717, 1.165) is 24.8 Å². The van der Waals surface area contributed by atoms with Crippen LogP contribution in [0.3, 0.4) is 0 Å². The highest BCUT2D eigenvalue weighted by Gasteiger charge is 2.13. The predicted molar refractivity (Wildman–Crippen MR) is 65.7 cm³/mol. The zero-order valence-corrected chi connectivity index (χ0v) is 10.1. The van der Waals surface area contributed by atoms with Gasteiger partial charge in [0.2, 0.25) is 0 Å². The van der Waals surface area contributed by atoms with Crippen LogP contribution in [0.15, 0.2) is 18.2 Å². The molecule has 0 aliphatic carbocycles. The molecule has 0 aliphatic heterocycles. The second-order valence-corrected chi connectivity index (χ2v) is 3.88. The third-order valence-corrected chi connectivity index (χ3v) is 2.60. The van der Waals surface area contributed by atoms with Gasteiger partial charge in [-0.2, -0.15) is 0 Å². The average molecular weight is 223 g/mol. The molecule has 3 nitrogen and oxygen atoms in total. The summed E-state index contributed by atoms with van der Waals surface area (Å²) in [6.07, 6.45) is 3.07. The molecular weight excluding hydrogens is 202 g/mol. The van der Waals surface area contributed by atoms with Crippen LogP contribution >= 0.6 is 0 Å². The van der Waals surface area contributed by atoms with Gasteiger partial charge in [0.1, 0.15) is 0 Å². The third kappa shape index (κ3) is 3.14. The van der Waals surface area contributed by atoms with Gasteiger partial charge in [0, 0.05) is 11.6 Å². The van der Waals surface area contributed by atoms with Crippen molar-refractivity contribution in [3.8, 4) is 11.5 Å². The Labute approximate surface area is 97.2 Å². The molecule has 0 saturated carbocycles. The molecule has 0 aliphatic rings. The minimum Gasteiger partial charge on any atom is -0.504 e. The summed E-state index contributed by atoms with van der Waals surface area (Å²) in [6.45, 7) is 4.56. The van der Waals surface area contributed by atoms with Crippen LogP contribution in [0.2, 0.25) is 0 Å². The van der Waals surface area contributed by atoms with E-state index in [1.54, 1.807) is 6.07 Å². The lowest BCUT2D eigenvalue weighted by molar-refractivity contribution is 0.315. The SMILES string of the molecule is CCCC[C@@H](N)c1cccc(OCC)c1O. The number of benzene rings is 1. The van der Waals surface area contributed by atoms with Crippen molar-refractivity contribution in [2.24, 2.45) is 5.73 Å². The van der Waals surface area contributed by atoms with Gasteiger partial charge >= 0.3 is 0 Å². The van der Waals surface area contributed by atoms with Crippen molar-refractivity contribution in [1.29, 1.82) is 0 Å². The number of phenolic OH excluding ortho intramolecular Hbond substituents is 1. The number of aromatic hydroxyl groups is 1. The van der Waals surface area contributed by atoms with Gasteiger partial charge < -0.3 is 15.6 Å². The van der Waals surface area contributed by atoms with Crippen molar-refractivity contribution >= 4 is 0 Å². The quantitative estimate of drug-likeness (QED) is 0.779. The third-order valence-electron chi connectivity index (χ3n) is 2.60. The highest BCUT2D eigenvalue weighted by Crippen LogP contribution is 2.34. The number of rotatable bonds is 6. The van der Waals surface area contributed by atoms with E-state index in [2.05, 4.69) is 6.92 Å². The molecule has 0 unspecified atom stereocenters. The maximum absolute atomic E-state index is 9.98. The van der Waals surface area contributed by atoms with E-state index < -0.39 is 0 Å². The molecule has 0 bridgehead atoms. The summed E-state index contributed by atoms with van der Waals surface area (Å²) in [7, 11) is 0. The Morgan fingerprint density at radius 3 is 2.75 bits per heavy atom. The molecule has 0 amide bonds. The number of hydrogen-bond donors (Lipinski definition) is 2. The highest BCUT2D eigenvalue weighted by atomic mass is 16.5. The molecule has 0 saturated heterocycles. The molecule has 90 valence electrons. The van der Waals surface area contributed by atoms with Crippen LogP contribution in [0.1, 0.15) is 44.7 Å². The highest BCUT2D eigenvalue weighted by molar-refractivity contribution is 5.46. The van der Waals surface area contributed by atoms with E-state index >= 15 is 0 Å². The van der Waals surface area contributed by atoms with Crippen LogP contribution in [0.5, 0.6) is 11.5 Å². The predicted octanol–water partition coefficient (Wildman–Crippen LogP) is 2.98. The second kappa shape index (κ2) is 6.38. The van der Waals surface area contributed by atoms with Crippen molar-refractivity contribution in [1.82, 2.24) is 0 Å². The molecule has 3 heteroatoms. The van der Waals surface area contributed by atoms with Crippen LogP contribution in [-0.2, 0) is 0 Å². The van der Waals surface area contributed by atoms with Crippen molar-refractivity contribution < 1.29 is 9.84 Å². The molecule has 0 fully saturated rings. The normalized spacial score (nSPS) is 12.4. The molecular formula is C13H21NO2. The fraction of sp³-hybridized carbons (Fsp3) is 0.538. The van der Waals surface area contributed by atoms with Crippen LogP contribution < -0.4 is 10.5 Å². The monoisotopic (exact) mass is 223 g/mol. The molecule has 1 aromatic rings. The Hall–Kier alpha value is -1.22. The Bertz CT molecular complexity index is 326. The number of phenols is 1. The number of para-hydroxylation sites is 1. The minimum atomic E-state index is -0.111. The summed E-state index contributed by atoms with van der Waals surface area (Å²) in [5.41, 5.74) is 6.81. The Morgan fingerprint density at radius 2 is 2.12 bits per heavy atom. The summed E-state index contributed by atoms with van der Waals surface area (Å²) in [5, 5.41) is 9.98. The standard InChI is InChI=1S/C13H21NO2/c1-3-5-8-11(14)10-7-6-9-12(13(10)15)16-4-2/h6-7,9,11,15H,3-5,8,14H2,1-2H3/t11-/m1/s1. The van der Waals surface area contributed by atoms with Gasteiger partial charge in [-0.15, -0.1) is 0 Å². The van der Waals surface area contributed by atoms with E-state index in [4.69, 9.17) is 10.5 Å². The zero-order valence-electron chi connectivity index (χ0n) is 10.1. The van der Waals surface area contributed by atoms with Gasteiger partial charge in [0.15, 0.2) is 11.5 Å². The topological polar surface area (TPSA) is 55.5 Å². The maximum atomic E-state index is 9.98. The lowest BCUT2D eigenvalue weighted by Gasteiger charge is -2.15. The lowest BCUT2D eigenvalue weighted by Crippen LogP contribution is -2.10. The molecule has 0 heterocycles. The van der Waals surface area contributed by atoms with Gasteiger partial charge in [-0.1, -0.05) is 31.9 Å². The van der Waals surface area contributed by atoms with Gasteiger partial charge in [-0.25, -0.2) is 0 Å². The summed E-state index contributed by atoms with van der Waals surface area (Å²) in [5.74, 6) is 0.708. The van der Waals surface area contributed by atoms with Crippen molar-refractivity contribution in [3.05, 3.63) is 23.8 Å². The second-order valence-electron chi connectivity index (χ2n) is 3.88. The Kier molecular flexibility index (Phi) is 5.12. The summed E-state index contributed by atoms with van der Waals surface area (Å²) in [4.78, 5) is 0. The Balaban J connectivity index is 2.82. The summed E-state index contributed by atoms with van der Waals surface area (Å²) in [6, 6.07) is 5.37. The van der Waals surface area contributed by atoms with Crippen LogP contribution in [0.25, 0.3) is 0 Å². The molecule has 3 N–H and O–H groups in total. The number of unbranched alkanes of at least 4 members (excludes halogenated alkanes) is 1. The fourth-order valence-electron chi connectivity index (χ4n) is 1.69. The van der Waals surface area contributed by atoms with E-state index in [-0.39, 0.29) is 11.8 Å². The van der Waals surface area contributed by atoms with Crippen molar-refractivity contribution in [3.63, 3.8) is 0 Å². The van der Waals surface area contributed by atoms with Gasteiger partial charge in [-0.05, 0) is 19.4 Å². The van der Waals surface area contributed by atoms with Gasteiger partial charge in [0.25, 0.3) is 0 Å². The van der Waals surface area contributed by atoms with Crippen molar-refractivity contribution in [2.75, 3.05) is 6.61 Å². The molecule has 0 radical (unpaired) electrons. The van der Waals surface area contributed by atoms with E-state index in [0.29, 0.717) is 12.4 Å².